The predicted molar refractivity (Wildman–Crippen MR) is 107 cm³/mol. The van der Waals surface area contributed by atoms with Crippen LogP contribution in [0, 0.1) is 0 Å². The van der Waals surface area contributed by atoms with Crippen molar-refractivity contribution >= 4 is 32.9 Å². The van der Waals surface area contributed by atoms with E-state index < -0.39 is 0 Å². The summed E-state index contributed by atoms with van der Waals surface area (Å²) in [5, 5.41) is 2.99. The lowest BCUT2D eigenvalue weighted by atomic mass is 10.1. The highest BCUT2D eigenvalue weighted by atomic mass is 79.9. The average molecular weight is 416 g/mol. The molecule has 0 saturated heterocycles. The van der Waals surface area contributed by atoms with Crippen LogP contribution in [0.3, 0.4) is 0 Å². The maximum absolute atomic E-state index is 12.6. The van der Waals surface area contributed by atoms with Crippen LogP contribution in [0.4, 0.5) is 0 Å². The largest absolute Gasteiger partial charge is 0.352 e. The van der Waals surface area contributed by atoms with Gasteiger partial charge < -0.3 is 5.32 Å². The molecule has 1 atom stereocenters. The molecule has 0 fully saturated rings. The smallest absolute Gasteiger partial charge is 0.329 e. The lowest BCUT2D eigenvalue weighted by Gasteiger charge is -2.14. The second-order valence-corrected chi connectivity index (χ2v) is 7.32. The number of benzene rings is 2. The summed E-state index contributed by atoms with van der Waals surface area (Å²) < 4.78 is 4.26. The van der Waals surface area contributed by atoms with Crippen LogP contribution < -0.4 is 11.0 Å². The molecule has 0 aliphatic carbocycles. The molecule has 136 valence electrons. The van der Waals surface area contributed by atoms with E-state index in [0.717, 1.165) is 27.5 Å². The number of halogens is 1. The number of aromatic nitrogens is 2. The number of para-hydroxylation sites is 2. The Kier molecular flexibility index (Phi) is 5.61. The summed E-state index contributed by atoms with van der Waals surface area (Å²) in [5.41, 5.74) is 2.65. The number of aryl methyl sites for hydroxylation is 1. The second-order valence-electron chi connectivity index (χ2n) is 6.40. The molecular weight excluding hydrogens is 394 g/mol. The lowest BCUT2D eigenvalue weighted by molar-refractivity contribution is -0.122. The van der Waals surface area contributed by atoms with Crippen molar-refractivity contribution in [2.45, 2.75) is 39.4 Å². The summed E-state index contributed by atoms with van der Waals surface area (Å²) in [7, 11) is 0. The van der Waals surface area contributed by atoms with E-state index in [-0.39, 0.29) is 24.2 Å². The minimum atomic E-state index is -0.157. The van der Waals surface area contributed by atoms with Gasteiger partial charge in [-0.1, -0.05) is 40.2 Å². The highest BCUT2D eigenvalue weighted by Gasteiger charge is 2.15. The Balaban J connectivity index is 1.72. The zero-order chi connectivity index (χ0) is 18.7. The molecule has 1 amide bonds. The Morgan fingerprint density at radius 2 is 1.69 bits per heavy atom. The van der Waals surface area contributed by atoms with Crippen LogP contribution in [0.5, 0.6) is 0 Å². The molecule has 0 aliphatic rings. The normalized spacial score (nSPS) is 12.3. The first-order valence-corrected chi connectivity index (χ1v) is 9.50. The van der Waals surface area contributed by atoms with Gasteiger partial charge >= 0.3 is 5.69 Å². The van der Waals surface area contributed by atoms with Gasteiger partial charge in [-0.3, -0.25) is 13.9 Å². The Bertz CT molecular complexity index is 973. The van der Waals surface area contributed by atoms with E-state index in [9.17, 15) is 9.59 Å². The molecule has 0 radical (unpaired) electrons. The third kappa shape index (κ3) is 3.90. The van der Waals surface area contributed by atoms with E-state index >= 15 is 0 Å². The molecule has 3 aromatic rings. The van der Waals surface area contributed by atoms with Gasteiger partial charge in [0.25, 0.3) is 0 Å². The number of hydrogen-bond acceptors (Lipinski definition) is 2. The molecule has 3 rings (SSSR count). The number of carbonyl (C=O) groups excluding carboxylic acids is 1. The van der Waals surface area contributed by atoms with Gasteiger partial charge in [0.2, 0.25) is 5.91 Å². The molecule has 6 heteroatoms. The van der Waals surface area contributed by atoms with Crippen LogP contribution in [0.1, 0.15) is 19.4 Å². The quantitative estimate of drug-likeness (QED) is 0.670. The van der Waals surface area contributed by atoms with Crippen LogP contribution in [0.15, 0.2) is 57.8 Å². The summed E-state index contributed by atoms with van der Waals surface area (Å²) in [6, 6.07) is 15.6. The highest BCUT2D eigenvalue weighted by molar-refractivity contribution is 9.10. The van der Waals surface area contributed by atoms with Crippen LogP contribution >= 0.6 is 15.9 Å². The number of hydrogen-bond donors (Lipinski definition) is 1. The standard InChI is InChI=1S/C20H22BrN3O2/c1-3-23-17-6-4-5-7-18(17)24(20(23)26)13-19(25)22-14(2)12-15-8-10-16(21)11-9-15/h4-11,14H,3,12-13H2,1-2H3,(H,22,25). The van der Waals surface area contributed by atoms with E-state index in [1.807, 2.05) is 62.4 Å². The first kappa shape index (κ1) is 18.5. The number of nitrogens with zero attached hydrogens (tertiary/aromatic N) is 2. The number of fused-ring (bicyclic) bond motifs is 1. The Hall–Kier alpha value is -2.34. The Labute approximate surface area is 160 Å². The zero-order valence-electron chi connectivity index (χ0n) is 14.9. The van der Waals surface area contributed by atoms with Gasteiger partial charge in [0.05, 0.1) is 11.0 Å². The van der Waals surface area contributed by atoms with Gasteiger partial charge in [-0.25, -0.2) is 4.79 Å². The maximum atomic E-state index is 12.6. The first-order valence-electron chi connectivity index (χ1n) is 8.71. The van der Waals surface area contributed by atoms with Gasteiger partial charge in [-0.2, -0.15) is 0 Å². The summed E-state index contributed by atoms with van der Waals surface area (Å²) in [6.45, 7) is 4.50. The van der Waals surface area contributed by atoms with Crippen molar-refractivity contribution in [3.8, 4) is 0 Å². The average Bonchev–Trinajstić information content (AvgIpc) is 2.88. The third-order valence-electron chi connectivity index (χ3n) is 4.41. The van der Waals surface area contributed by atoms with Gasteiger partial charge in [0.1, 0.15) is 6.54 Å². The first-order chi connectivity index (χ1) is 12.5. The number of carbonyl (C=O) groups is 1. The molecule has 1 N–H and O–H groups in total. The zero-order valence-corrected chi connectivity index (χ0v) is 16.5. The molecule has 1 unspecified atom stereocenters. The third-order valence-corrected chi connectivity index (χ3v) is 4.93. The van der Waals surface area contributed by atoms with Crippen LogP contribution in [-0.2, 0) is 24.3 Å². The molecule has 0 aliphatic heterocycles. The van der Waals surface area contributed by atoms with Crippen LogP contribution in [0.2, 0.25) is 0 Å². The van der Waals surface area contributed by atoms with Crippen molar-refractivity contribution in [3.63, 3.8) is 0 Å². The molecule has 0 saturated carbocycles. The van der Waals surface area contributed by atoms with Crippen molar-refractivity contribution in [2.24, 2.45) is 0 Å². The van der Waals surface area contributed by atoms with Crippen LogP contribution in [0.25, 0.3) is 11.0 Å². The van der Waals surface area contributed by atoms with Gasteiger partial charge in [0, 0.05) is 17.1 Å². The monoisotopic (exact) mass is 415 g/mol. The minimum absolute atomic E-state index is 0.0149. The fourth-order valence-electron chi connectivity index (χ4n) is 3.22. The van der Waals surface area contributed by atoms with E-state index in [4.69, 9.17) is 0 Å². The second kappa shape index (κ2) is 7.91. The Morgan fingerprint density at radius 1 is 1.08 bits per heavy atom. The lowest BCUT2D eigenvalue weighted by Crippen LogP contribution is -2.38. The SMILES string of the molecule is CCn1c(=O)n(CC(=O)NC(C)Cc2ccc(Br)cc2)c2ccccc21. The summed E-state index contributed by atoms with van der Waals surface area (Å²) >= 11 is 3.42. The topological polar surface area (TPSA) is 56.0 Å². The molecule has 0 bridgehead atoms. The number of rotatable bonds is 6. The molecule has 1 heterocycles. The molecule has 2 aromatic carbocycles. The van der Waals surface area contributed by atoms with Gasteiger partial charge in [-0.05, 0) is 50.1 Å². The predicted octanol–water partition coefficient (Wildman–Crippen LogP) is 3.33. The number of imidazole rings is 1. The van der Waals surface area contributed by atoms with Gasteiger partial charge in [0.15, 0.2) is 0 Å². The van der Waals surface area contributed by atoms with E-state index in [0.29, 0.717) is 6.54 Å². The van der Waals surface area contributed by atoms with E-state index in [1.165, 1.54) is 0 Å². The summed E-state index contributed by atoms with van der Waals surface area (Å²) in [4.78, 5) is 25.1. The van der Waals surface area contributed by atoms with Crippen LogP contribution in [-0.4, -0.2) is 21.1 Å². The number of amides is 1. The molecular formula is C20H22BrN3O2. The highest BCUT2D eigenvalue weighted by Crippen LogP contribution is 2.13. The van der Waals surface area contributed by atoms with Gasteiger partial charge in [-0.15, -0.1) is 0 Å². The van der Waals surface area contributed by atoms with Crippen molar-refractivity contribution in [2.75, 3.05) is 0 Å². The van der Waals surface area contributed by atoms with E-state index in [1.54, 1.807) is 9.13 Å². The molecule has 26 heavy (non-hydrogen) atoms. The molecule has 5 nitrogen and oxygen atoms in total. The number of nitrogens with one attached hydrogen (secondary N) is 1. The Morgan fingerprint density at radius 3 is 2.31 bits per heavy atom. The summed E-state index contributed by atoms with van der Waals surface area (Å²) in [6.07, 6.45) is 0.741. The van der Waals surface area contributed by atoms with Crippen molar-refractivity contribution < 1.29 is 4.79 Å². The fourth-order valence-corrected chi connectivity index (χ4v) is 3.48. The molecule has 0 spiro atoms. The van der Waals surface area contributed by atoms with Crippen molar-refractivity contribution in [1.82, 2.24) is 14.5 Å². The molecule has 1 aromatic heterocycles. The fraction of sp³-hybridized carbons (Fsp3) is 0.300. The van der Waals surface area contributed by atoms with Crippen molar-refractivity contribution in [1.29, 1.82) is 0 Å². The summed E-state index contributed by atoms with van der Waals surface area (Å²) in [5.74, 6) is -0.157. The maximum Gasteiger partial charge on any atom is 0.329 e. The van der Waals surface area contributed by atoms with Crippen molar-refractivity contribution in [3.05, 3.63) is 69.1 Å². The van der Waals surface area contributed by atoms with E-state index in [2.05, 4.69) is 21.2 Å². The minimum Gasteiger partial charge on any atom is -0.352 e.